The molecule has 13 heavy (non-hydrogen) atoms. The fourth-order valence-corrected chi connectivity index (χ4v) is 0.822. The number of nitrogen functional groups attached to an aromatic ring is 1. The molecule has 0 aliphatic carbocycles. The highest BCUT2D eigenvalue weighted by molar-refractivity contribution is 5.95. The molecule has 0 radical (unpaired) electrons. The molecule has 0 fully saturated rings. The second kappa shape index (κ2) is 3.18. The van der Waals surface area contributed by atoms with Crippen molar-refractivity contribution in [2.75, 3.05) is 0 Å². The molecule has 0 unspecified atom stereocenters. The number of nitro benzene ring substituents is 1. The van der Waals surface area contributed by atoms with Gasteiger partial charge in [-0.1, -0.05) is 0 Å². The van der Waals surface area contributed by atoms with Crippen molar-refractivity contribution in [1.82, 2.24) is 0 Å². The third kappa shape index (κ3) is 1.78. The van der Waals surface area contributed by atoms with Gasteiger partial charge < -0.3 is 5.73 Å². The Balaban J connectivity index is 3.20. The zero-order chi connectivity index (χ0) is 10.0. The minimum atomic E-state index is -0.988. The topological polar surface area (TPSA) is 93.0 Å². The Kier molecular flexibility index (Phi) is 2.23. The first-order valence-electron chi connectivity index (χ1n) is 3.30. The van der Waals surface area contributed by atoms with Gasteiger partial charge in [0.2, 0.25) is 5.82 Å². The van der Waals surface area contributed by atoms with E-state index in [1.165, 1.54) is 6.07 Å². The van der Waals surface area contributed by atoms with Crippen LogP contribution in [-0.2, 0) is 0 Å². The summed E-state index contributed by atoms with van der Waals surface area (Å²) in [5, 5.41) is 17.1. The Hall–Kier alpha value is -1.98. The molecule has 0 atom stereocenters. The fraction of sp³-hybridized carbons (Fsp3) is 0. The molecular formula is C7H6FN3O2. The molecule has 5 nitrogen and oxygen atoms in total. The van der Waals surface area contributed by atoms with E-state index in [0.717, 1.165) is 12.1 Å². The van der Waals surface area contributed by atoms with E-state index in [1.807, 2.05) is 0 Å². The van der Waals surface area contributed by atoms with Crippen molar-refractivity contribution in [3.63, 3.8) is 0 Å². The summed E-state index contributed by atoms with van der Waals surface area (Å²) in [4.78, 5) is 9.35. The Morgan fingerprint density at radius 2 is 2.23 bits per heavy atom. The predicted molar refractivity (Wildman–Crippen MR) is 44.1 cm³/mol. The van der Waals surface area contributed by atoms with Gasteiger partial charge in [0, 0.05) is 11.6 Å². The van der Waals surface area contributed by atoms with Gasteiger partial charge in [0.25, 0.3) is 0 Å². The molecule has 0 heterocycles. The lowest BCUT2D eigenvalue weighted by Crippen LogP contribution is -2.11. The van der Waals surface area contributed by atoms with E-state index in [4.69, 9.17) is 11.1 Å². The summed E-state index contributed by atoms with van der Waals surface area (Å²) in [6, 6.07) is 3.07. The standard InChI is InChI=1S/C7H6FN3O2/c8-5-3-4(7(9)10)1-2-6(5)11(12)13/h1-3H,(H3,9,10). The van der Waals surface area contributed by atoms with E-state index in [-0.39, 0.29) is 11.4 Å². The van der Waals surface area contributed by atoms with E-state index in [1.54, 1.807) is 0 Å². The summed E-state index contributed by atoms with van der Waals surface area (Å²) in [5.74, 6) is -1.31. The lowest BCUT2D eigenvalue weighted by Gasteiger charge is -1.98. The maximum Gasteiger partial charge on any atom is 0.304 e. The van der Waals surface area contributed by atoms with Gasteiger partial charge in [-0.05, 0) is 12.1 Å². The number of halogens is 1. The van der Waals surface area contributed by atoms with Gasteiger partial charge in [-0.2, -0.15) is 4.39 Å². The summed E-state index contributed by atoms with van der Waals surface area (Å²) in [7, 11) is 0. The molecule has 6 heteroatoms. The van der Waals surface area contributed by atoms with Gasteiger partial charge in [-0.3, -0.25) is 15.5 Å². The number of benzene rings is 1. The number of rotatable bonds is 2. The fourth-order valence-electron chi connectivity index (χ4n) is 0.822. The monoisotopic (exact) mass is 183 g/mol. The smallest absolute Gasteiger partial charge is 0.304 e. The molecule has 1 aromatic carbocycles. The molecule has 0 saturated heterocycles. The van der Waals surface area contributed by atoms with Crippen LogP contribution in [0, 0.1) is 21.3 Å². The highest BCUT2D eigenvalue weighted by atomic mass is 19.1. The van der Waals surface area contributed by atoms with Crippen LogP contribution in [0.15, 0.2) is 18.2 Å². The number of nitro groups is 1. The summed E-state index contributed by atoms with van der Waals surface area (Å²) in [6.07, 6.45) is 0. The second-order valence-corrected chi connectivity index (χ2v) is 2.34. The van der Waals surface area contributed by atoms with Gasteiger partial charge in [-0.25, -0.2) is 0 Å². The lowest BCUT2D eigenvalue weighted by molar-refractivity contribution is -0.387. The molecule has 0 bridgehead atoms. The molecular weight excluding hydrogens is 177 g/mol. The summed E-state index contributed by atoms with van der Waals surface area (Å²) in [5.41, 5.74) is 4.56. The zero-order valence-corrected chi connectivity index (χ0v) is 6.45. The van der Waals surface area contributed by atoms with E-state index < -0.39 is 16.4 Å². The van der Waals surface area contributed by atoms with Gasteiger partial charge in [0.05, 0.1) is 4.92 Å². The third-order valence-electron chi connectivity index (χ3n) is 1.46. The molecule has 1 aromatic rings. The quantitative estimate of drug-likeness (QED) is 0.310. The maximum absolute atomic E-state index is 12.9. The molecule has 0 amide bonds. The first-order chi connectivity index (χ1) is 6.02. The van der Waals surface area contributed by atoms with Crippen LogP contribution in [0.4, 0.5) is 10.1 Å². The number of nitrogens with one attached hydrogen (secondary N) is 1. The number of amidine groups is 1. The largest absolute Gasteiger partial charge is 0.384 e. The normalized spacial score (nSPS) is 9.62. The van der Waals surface area contributed by atoms with E-state index in [9.17, 15) is 14.5 Å². The Morgan fingerprint density at radius 1 is 1.62 bits per heavy atom. The van der Waals surface area contributed by atoms with E-state index >= 15 is 0 Å². The van der Waals surface area contributed by atoms with Crippen molar-refractivity contribution in [1.29, 1.82) is 5.41 Å². The van der Waals surface area contributed by atoms with E-state index in [0.29, 0.717) is 0 Å². The molecule has 0 aromatic heterocycles. The molecule has 68 valence electrons. The number of hydrogen-bond donors (Lipinski definition) is 2. The van der Waals surface area contributed by atoms with Crippen molar-refractivity contribution in [3.05, 3.63) is 39.7 Å². The van der Waals surface area contributed by atoms with E-state index in [2.05, 4.69) is 0 Å². The molecule has 0 aliphatic rings. The van der Waals surface area contributed by atoms with Crippen LogP contribution in [-0.4, -0.2) is 10.8 Å². The van der Waals surface area contributed by atoms with Crippen molar-refractivity contribution in [2.24, 2.45) is 5.73 Å². The molecule has 0 aliphatic heterocycles. The minimum Gasteiger partial charge on any atom is -0.384 e. The summed E-state index contributed by atoms with van der Waals surface area (Å²) >= 11 is 0. The number of hydrogen-bond acceptors (Lipinski definition) is 3. The van der Waals surface area contributed by atoms with Crippen LogP contribution in [0.3, 0.4) is 0 Å². The molecule has 0 saturated carbocycles. The first kappa shape index (κ1) is 9.11. The van der Waals surface area contributed by atoms with Crippen LogP contribution in [0.25, 0.3) is 0 Å². The average molecular weight is 183 g/mol. The lowest BCUT2D eigenvalue weighted by atomic mass is 10.2. The van der Waals surface area contributed by atoms with Gasteiger partial charge in [0.1, 0.15) is 5.84 Å². The maximum atomic E-state index is 12.9. The van der Waals surface area contributed by atoms with Crippen LogP contribution in [0.2, 0.25) is 0 Å². The van der Waals surface area contributed by atoms with Crippen molar-refractivity contribution in [2.45, 2.75) is 0 Å². The average Bonchev–Trinajstić information content (AvgIpc) is 2.03. The third-order valence-corrected chi connectivity index (χ3v) is 1.46. The second-order valence-electron chi connectivity index (χ2n) is 2.34. The Bertz CT molecular complexity index is 378. The van der Waals surface area contributed by atoms with Crippen molar-refractivity contribution in [3.8, 4) is 0 Å². The molecule has 0 spiro atoms. The van der Waals surface area contributed by atoms with Gasteiger partial charge in [-0.15, -0.1) is 0 Å². The van der Waals surface area contributed by atoms with Crippen molar-refractivity contribution >= 4 is 11.5 Å². The Labute approximate surface area is 72.6 Å². The minimum absolute atomic E-state index is 0.128. The van der Waals surface area contributed by atoms with Crippen LogP contribution >= 0.6 is 0 Å². The molecule has 1 rings (SSSR count). The number of nitrogens with zero attached hydrogens (tertiary/aromatic N) is 1. The highest BCUT2D eigenvalue weighted by Gasteiger charge is 2.14. The summed E-state index contributed by atoms with van der Waals surface area (Å²) in [6.45, 7) is 0. The molecule has 3 N–H and O–H groups in total. The predicted octanol–water partition coefficient (Wildman–Crippen LogP) is 1.02. The van der Waals surface area contributed by atoms with Crippen LogP contribution in [0.5, 0.6) is 0 Å². The first-order valence-corrected chi connectivity index (χ1v) is 3.30. The number of nitrogens with two attached hydrogens (primary N) is 1. The zero-order valence-electron chi connectivity index (χ0n) is 6.45. The van der Waals surface area contributed by atoms with Crippen LogP contribution in [0.1, 0.15) is 5.56 Å². The highest BCUT2D eigenvalue weighted by Crippen LogP contribution is 2.17. The van der Waals surface area contributed by atoms with Crippen LogP contribution < -0.4 is 5.73 Å². The van der Waals surface area contributed by atoms with Gasteiger partial charge in [0.15, 0.2) is 0 Å². The van der Waals surface area contributed by atoms with Crippen molar-refractivity contribution < 1.29 is 9.31 Å². The summed E-state index contributed by atoms with van der Waals surface area (Å²) < 4.78 is 12.9. The SMILES string of the molecule is N=C(N)c1ccc([N+](=O)[O-])c(F)c1. The van der Waals surface area contributed by atoms with Gasteiger partial charge >= 0.3 is 5.69 Å². The Morgan fingerprint density at radius 3 is 2.62 bits per heavy atom.